The highest BCUT2D eigenvalue weighted by molar-refractivity contribution is 5.92. The molecule has 1 aromatic rings. The Morgan fingerprint density at radius 2 is 1.79 bits per heavy atom. The minimum absolute atomic E-state index is 0. The van der Waals surface area contributed by atoms with E-state index in [0.717, 1.165) is 0 Å². The number of hydrogen-bond acceptors (Lipinski definition) is 2. The first-order valence-electron chi connectivity index (χ1n) is 4.86. The maximum atomic E-state index is 10.4. The van der Waals surface area contributed by atoms with E-state index in [9.17, 15) is 4.79 Å². The van der Waals surface area contributed by atoms with Crippen LogP contribution in [-0.2, 0) is 0 Å². The molecule has 2 rings (SSSR count). The minimum atomic E-state index is -0.379. The van der Waals surface area contributed by atoms with Crippen molar-refractivity contribution in [3.05, 3.63) is 35.9 Å². The van der Waals surface area contributed by atoms with E-state index in [0.29, 0.717) is 5.56 Å². The number of carbonyl (C=O) groups excluding carboxylic acids is 1. The summed E-state index contributed by atoms with van der Waals surface area (Å²) in [6.07, 6.45) is 2.78. The summed E-state index contributed by atoms with van der Waals surface area (Å²) in [6, 6.07) is 8.76. The second-order valence-electron chi connectivity index (χ2n) is 3.19. The molecule has 1 aliphatic rings. The Bertz CT molecular complexity index is 266. The Morgan fingerprint density at radius 1 is 1.21 bits per heavy atom. The van der Waals surface area contributed by atoms with Crippen molar-refractivity contribution in [2.45, 2.75) is 12.8 Å². The third-order valence-electron chi connectivity index (χ3n) is 2.02. The predicted molar refractivity (Wildman–Crippen MR) is 59.2 cm³/mol. The molecule has 78 valence electrons. The molecule has 0 saturated carbocycles. The molecule has 0 bridgehead atoms. The molecule has 0 atom stereocenters. The topological polar surface area (TPSA) is 55.1 Å². The monoisotopic (exact) mass is 194 g/mol. The van der Waals surface area contributed by atoms with Gasteiger partial charge in [-0.05, 0) is 38.1 Å². The van der Waals surface area contributed by atoms with Crippen molar-refractivity contribution in [1.82, 2.24) is 5.32 Å². The number of carbonyl (C=O) groups is 1. The summed E-state index contributed by atoms with van der Waals surface area (Å²) < 4.78 is 0. The van der Waals surface area contributed by atoms with Crippen LogP contribution in [0.2, 0.25) is 0 Å². The zero-order chi connectivity index (χ0) is 10.2. The molecule has 3 nitrogen and oxygen atoms in total. The van der Waals surface area contributed by atoms with Gasteiger partial charge in [0.25, 0.3) is 0 Å². The Balaban J connectivity index is 0.000000280. The molecule has 1 aromatic carbocycles. The molecule has 0 unspecified atom stereocenters. The normalized spacial score (nSPS) is 14.3. The number of hydrogen-bond donors (Lipinski definition) is 2. The third-order valence-corrected chi connectivity index (χ3v) is 2.02. The fourth-order valence-corrected chi connectivity index (χ4v) is 1.23. The molecule has 0 spiro atoms. The highest BCUT2D eigenvalue weighted by Gasteiger charge is 1.94. The van der Waals surface area contributed by atoms with Crippen LogP contribution in [0.5, 0.6) is 0 Å². The zero-order valence-electron chi connectivity index (χ0n) is 8.20. The SMILES string of the molecule is C1CCNC1.NC(=O)c1ccccc1.[HH]. The Morgan fingerprint density at radius 3 is 2.07 bits per heavy atom. The third kappa shape index (κ3) is 4.05. The molecule has 1 heterocycles. The largest absolute Gasteiger partial charge is 0.366 e. The lowest BCUT2D eigenvalue weighted by Gasteiger charge is -1.89. The summed E-state index contributed by atoms with van der Waals surface area (Å²) in [4.78, 5) is 10.4. The molecule has 0 radical (unpaired) electrons. The highest BCUT2D eigenvalue weighted by atomic mass is 16.1. The molecule has 1 saturated heterocycles. The van der Waals surface area contributed by atoms with Gasteiger partial charge in [-0.1, -0.05) is 18.2 Å². The van der Waals surface area contributed by atoms with E-state index in [1.165, 1.54) is 25.9 Å². The van der Waals surface area contributed by atoms with Gasteiger partial charge < -0.3 is 11.1 Å². The van der Waals surface area contributed by atoms with Crippen molar-refractivity contribution in [1.29, 1.82) is 0 Å². The fraction of sp³-hybridized carbons (Fsp3) is 0.364. The summed E-state index contributed by atoms with van der Waals surface area (Å²) >= 11 is 0. The number of nitrogens with two attached hydrogens (primary N) is 1. The van der Waals surface area contributed by atoms with Crippen molar-refractivity contribution in [2.75, 3.05) is 13.1 Å². The van der Waals surface area contributed by atoms with E-state index in [2.05, 4.69) is 5.32 Å². The molecule has 3 heteroatoms. The Hall–Kier alpha value is -1.35. The summed E-state index contributed by atoms with van der Waals surface area (Å²) in [6.45, 7) is 2.50. The molecule has 1 amide bonds. The van der Waals surface area contributed by atoms with Crippen molar-refractivity contribution in [3.8, 4) is 0 Å². The van der Waals surface area contributed by atoms with Gasteiger partial charge >= 0.3 is 0 Å². The first-order valence-corrected chi connectivity index (χ1v) is 4.86. The predicted octanol–water partition coefficient (Wildman–Crippen LogP) is 1.40. The van der Waals surface area contributed by atoms with Gasteiger partial charge in [0.15, 0.2) is 0 Å². The minimum Gasteiger partial charge on any atom is -0.366 e. The second-order valence-corrected chi connectivity index (χ2v) is 3.19. The first kappa shape index (κ1) is 10.7. The van der Waals surface area contributed by atoms with Crippen molar-refractivity contribution in [3.63, 3.8) is 0 Å². The molecule has 1 aliphatic heterocycles. The van der Waals surface area contributed by atoms with Crippen LogP contribution in [0.3, 0.4) is 0 Å². The van der Waals surface area contributed by atoms with Gasteiger partial charge in [-0.15, -0.1) is 0 Å². The average Bonchev–Trinajstić information content (AvgIpc) is 2.77. The lowest BCUT2D eigenvalue weighted by Crippen LogP contribution is -2.09. The number of benzene rings is 1. The van der Waals surface area contributed by atoms with Gasteiger partial charge in [0, 0.05) is 6.99 Å². The van der Waals surface area contributed by atoms with Crippen molar-refractivity contribution >= 4 is 5.91 Å². The summed E-state index contributed by atoms with van der Waals surface area (Å²) in [5.41, 5.74) is 5.53. The van der Waals surface area contributed by atoms with E-state index in [-0.39, 0.29) is 7.33 Å². The van der Waals surface area contributed by atoms with Gasteiger partial charge in [-0.2, -0.15) is 0 Å². The quantitative estimate of drug-likeness (QED) is 0.710. The maximum absolute atomic E-state index is 10.4. The van der Waals surface area contributed by atoms with Crippen LogP contribution < -0.4 is 11.1 Å². The van der Waals surface area contributed by atoms with Crippen LogP contribution in [0.4, 0.5) is 0 Å². The molecule has 0 aliphatic carbocycles. The van der Waals surface area contributed by atoms with Crippen LogP contribution in [-0.4, -0.2) is 19.0 Å². The standard InChI is InChI=1S/C7H7NO.C4H9N.H2/c8-7(9)6-4-2-1-3-5-6;1-2-4-5-3-1;/h1-5H,(H2,8,9);5H,1-4H2;1H. The summed E-state index contributed by atoms with van der Waals surface area (Å²) in [5, 5.41) is 3.22. The molecule has 14 heavy (non-hydrogen) atoms. The van der Waals surface area contributed by atoms with Gasteiger partial charge in [-0.3, -0.25) is 4.79 Å². The van der Waals surface area contributed by atoms with E-state index < -0.39 is 0 Å². The van der Waals surface area contributed by atoms with E-state index in [1.807, 2.05) is 6.07 Å². The van der Waals surface area contributed by atoms with Crippen LogP contribution in [0, 0.1) is 0 Å². The van der Waals surface area contributed by atoms with E-state index in [1.54, 1.807) is 24.3 Å². The molecule has 1 fully saturated rings. The molecule has 0 aromatic heterocycles. The maximum Gasteiger partial charge on any atom is 0.248 e. The van der Waals surface area contributed by atoms with Gasteiger partial charge in [0.1, 0.15) is 0 Å². The van der Waals surface area contributed by atoms with E-state index in [4.69, 9.17) is 5.73 Å². The lowest BCUT2D eigenvalue weighted by atomic mass is 10.2. The van der Waals surface area contributed by atoms with E-state index >= 15 is 0 Å². The van der Waals surface area contributed by atoms with Crippen molar-refractivity contribution < 1.29 is 6.22 Å². The molecular weight excluding hydrogens is 176 g/mol. The van der Waals surface area contributed by atoms with Gasteiger partial charge in [0.05, 0.1) is 0 Å². The highest BCUT2D eigenvalue weighted by Crippen LogP contribution is 1.94. The molecule has 3 N–H and O–H groups in total. The van der Waals surface area contributed by atoms with Gasteiger partial charge in [0.2, 0.25) is 5.91 Å². The summed E-state index contributed by atoms with van der Waals surface area (Å²) in [5.74, 6) is -0.379. The second kappa shape index (κ2) is 6.16. The average molecular weight is 194 g/mol. The fourth-order valence-electron chi connectivity index (χ4n) is 1.23. The van der Waals surface area contributed by atoms with Crippen LogP contribution >= 0.6 is 0 Å². The lowest BCUT2D eigenvalue weighted by molar-refractivity contribution is 0.100. The number of primary amides is 1. The number of rotatable bonds is 1. The van der Waals surface area contributed by atoms with Crippen molar-refractivity contribution in [2.24, 2.45) is 5.73 Å². The zero-order valence-corrected chi connectivity index (χ0v) is 8.20. The Kier molecular flexibility index (Phi) is 4.72. The number of amides is 1. The summed E-state index contributed by atoms with van der Waals surface area (Å²) in [7, 11) is 0. The Labute approximate surface area is 85.8 Å². The van der Waals surface area contributed by atoms with Crippen LogP contribution in [0.25, 0.3) is 0 Å². The van der Waals surface area contributed by atoms with Gasteiger partial charge in [-0.25, -0.2) is 0 Å². The number of nitrogens with one attached hydrogen (secondary N) is 1. The van der Waals surface area contributed by atoms with Crippen LogP contribution in [0.15, 0.2) is 30.3 Å². The smallest absolute Gasteiger partial charge is 0.248 e. The molecular formula is C11H18N2O. The first-order chi connectivity index (χ1) is 6.80. The van der Waals surface area contributed by atoms with Crippen LogP contribution in [0.1, 0.15) is 24.6 Å².